The van der Waals surface area contributed by atoms with Crippen LogP contribution in [-0.2, 0) is 0 Å². The van der Waals surface area contributed by atoms with Crippen LogP contribution in [0.3, 0.4) is 0 Å². The average molecular weight is 383 g/mol. The van der Waals surface area contributed by atoms with Gasteiger partial charge in [0, 0.05) is 0 Å². The fourth-order valence-electron chi connectivity index (χ4n) is 0. The molecule has 0 aromatic rings. The van der Waals surface area contributed by atoms with E-state index < -0.39 is 14.5 Å². The van der Waals surface area contributed by atoms with E-state index in [4.69, 9.17) is 0 Å². The Hall–Kier alpha value is 0.492. The van der Waals surface area contributed by atoms with Crippen LogP contribution in [0.4, 0.5) is 34.5 Å². The third-order valence-electron chi connectivity index (χ3n) is 0. The van der Waals surface area contributed by atoms with Gasteiger partial charge in [-0.2, -0.15) is 0 Å². The molecule has 0 spiro atoms. The van der Waals surface area contributed by atoms with Gasteiger partial charge >= 0.3 is 41.8 Å². The molecule has 0 aliphatic heterocycles. The number of rotatable bonds is 0. The van der Waals surface area contributed by atoms with Crippen molar-refractivity contribution in [3.8, 4) is 0 Å². The van der Waals surface area contributed by atoms with Crippen molar-refractivity contribution in [2.75, 3.05) is 0 Å². The fraction of sp³-hybridized carbons (Fsp3) is 0. The Labute approximate surface area is 76.7 Å². The van der Waals surface area contributed by atoms with Crippen molar-refractivity contribution in [1.82, 2.24) is 0 Å². The molecule has 0 bridgehead atoms. The summed E-state index contributed by atoms with van der Waals surface area (Å²) in [5, 5.41) is 0. The van der Waals surface area contributed by atoms with Crippen molar-refractivity contribution in [2.45, 2.75) is 0 Å². The van der Waals surface area contributed by atoms with Gasteiger partial charge in [-0.1, -0.05) is 0 Å². The molecular formula is H2B2F8Pb. The number of hydrogen-bond acceptors (Lipinski definition) is 0. The molecule has 0 unspecified atom stereocenters. The van der Waals surface area contributed by atoms with Crippen molar-refractivity contribution < 1.29 is 34.5 Å². The van der Waals surface area contributed by atoms with Crippen molar-refractivity contribution >= 4 is 41.8 Å². The van der Waals surface area contributed by atoms with Crippen LogP contribution in [-0.4, -0.2) is 41.8 Å². The second kappa shape index (κ2) is 6.06. The van der Waals surface area contributed by atoms with Gasteiger partial charge in [0.1, 0.15) is 0 Å². The molecule has 0 atom stereocenters. The second-order valence-electron chi connectivity index (χ2n) is 0.990. The molecule has 0 radical (unpaired) electrons. The predicted octanol–water partition coefficient (Wildman–Crippen LogP) is 1.68. The summed E-state index contributed by atoms with van der Waals surface area (Å²) in [6.07, 6.45) is 0. The van der Waals surface area contributed by atoms with Gasteiger partial charge in [0.25, 0.3) is 0 Å². The van der Waals surface area contributed by atoms with Gasteiger partial charge in [0.15, 0.2) is 0 Å². The summed E-state index contributed by atoms with van der Waals surface area (Å²) >= 11 is 0. The Morgan fingerprint density at radius 1 is 0.455 bits per heavy atom. The van der Waals surface area contributed by atoms with Crippen LogP contribution in [0.25, 0.3) is 0 Å². The molecule has 0 saturated heterocycles. The Kier molecular flexibility index (Phi) is 9.66. The summed E-state index contributed by atoms with van der Waals surface area (Å²) in [5.74, 6) is 0. The standard InChI is InChI=1S/2BF4.Pb.2H/c2*2-1(3,4)5;;;/q2*-1;+2;;. The maximum absolute atomic E-state index is 9.75. The number of hydrogen-bond donors (Lipinski definition) is 0. The van der Waals surface area contributed by atoms with E-state index in [-0.39, 0.29) is 27.3 Å². The Bertz CT molecular complexity index is 55.1. The van der Waals surface area contributed by atoms with Crippen LogP contribution >= 0.6 is 0 Å². The third kappa shape index (κ3) is 3130. The van der Waals surface area contributed by atoms with E-state index in [1.54, 1.807) is 0 Å². The van der Waals surface area contributed by atoms with Gasteiger partial charge in [-0.15, -0.1) is 0 Å². The van der Waals surface area contributed by atoms with Crippen LogP contribution < -0.4 is 0 Å². The van der Waals surface area contributed by atoms with E-state index in [2.05, 4.69) is 0 Å². The van der Waals surface area contributed by atoms with Gasteiger partial charge in [-0.05, 0) is 0 Å². The summed E-state index contributed by atoms with van der Waals surface area (Å²) in [4.78, 5) is 0. The maximum atomic E-state index is 9.75. The van der Waals surface area contributed by atoms with E-state index in [1.165, 1.54) is 0 Å². The van der Waals surface area contributed by atoms with Crippen molar-refractivity contribution in [1.29, 1.82) is 0 Å². The molecule has 68 valence electrons. The van der Waals surface area contributed by atoms with Gasteiger partial charge in [-0.25, -0.2) is 0 Å². The minimum absolute atomic E-state index is 0. The molecule has 11 heteroatoms. The molecule has 0 fully saturated rings. The van der Waals surface area contributed by atoms with Gasteiger partial charge in [0.2, 0.25) is 0 Å². The molecule has 0 aromatic carbocycles. The average Bonchev–Trinajstić information content (AvgIpc) is 1.12. The molecule has 0 nitrogen and oxygen atoms in total. The van der Waals surface area contributed by atoms with Crippen LogP contribution in [0.5, 0.6) is 0 Å². The van der Waals surface area contributed by atoms with Crippen LogP contribution in [0, 0.1) is 0 Å². The Morgan fingerprint density at radius 3 is 0.455 bits per heavy atom. The van der Waals surface area contributed by atoms with E-state index in [1.807, 2.05) is 0 Å². The zero-order valence-corrected chi connectivity index (χ0v) is 10.4. The molecule has 0 saturated carbocycles. The molecule has 0 N–H and O–H groups in total. The third-order valence-corrected chi connectivity index (χ3v) is 0. The van der Waals surface area contributed by atoms with Crippen molar-refractivity contribution in [2.24, 2.45) is 0 Å². The second-order valence-corrected chi connectivity index (χ2v) is 0.990. The zero-order chi connectivity index (χ0) is 9.00. The first-order valence-electron chi connectivity index (χ1n) is 1.75. The van der Waals surface area contributed by atoms with Crippen LogP contribution in [0.15, 0.2) is 0 Å². The van der Waals surface area contributed by atoms with Gasteiger partial charge < -0.3 is 34.5 Å². The van der Waals surface area contributed by atoms with Crippen molar-refractivity contribution in [3.63, 3.8) is 0 Å². The normalized spacial score (nSPS) is 10.9. The molecule has 0 aliphatic rings. The first-order valence-corrected chi connectivity index (χ1v) is 1.75. The first kappa shape index (κ1) is 17.5. The topological polar surface area (TPSA) is 0 Å². The van der Waals surface area contributed by atoms with E-state index >= 15 is 0 Å². The molecule has 11 heavy (non-hydrogen) atoms. The Morgan fingerprint density at radius 2 is 0.455 bits per heavy atom. The molecule has 0 heterocycles. The van der Waals surface area contributed by atoms with Gasteiger partial charge in [0.05, 0.1) is 0 Å². The van der Waals surface area contributed by atoms with E-state index in [0.29, 0.717) is 0 Å². The monoisotopic (exact) mass is 384 g/mol. The summed E-state index contributed by atoms with van der Waals surface area (Å²) in [7, 11) is -12.0. The predicted molar refractivity (Wildman–Crippen MR) is 28.9 cm³/mol. The summed E-state index contributed by atoms with van der Waals surface area (Å²) in [6, 6.07) is 0. The summed E-state index contributed by atoms with van der Waals surface area (Å²) in [5.41, 5.74) is 0. The van der Waals surface area contributed by atoms with Crippen LogP contribution in [0.1, 0.15) is 0 Å². The molecule has 0 rings (SSSR count). The fourth-order valence-corrected chi connectivity index (χ4v) is 0. The van der Waals surface area contributed by atoms with Crippen LogP contribution in [0.2, 0.25) is 0 Å². The van der Waals surface area contributed by atoms with Crippen molar-refractivity contribution in [3.05, 3.63) is 0 Å². The minimum atomic E-state index is -6.00. The molecule has 0 aliphatic carbocycles. The first-order chi connectivity index (χ1) is 4.00. The molecular weight excluding hydrogens is 381 g/mol. The summed E-state index contributed by atoms with van der Waals surface area (Å²) < 4.78 is 78.0. The molecule has 0 amide bonds. The zero-order valence-electron chi connectivity index (χ0n) is 4.89. The van der Waals surface area contributed by atoms with E-state index in [0.717, 1.165) is 0 Å². The number of halogens is 8. The quantitative estimate of drug-likeness (QED) is 0.442. The Balaban J connectivity index is -0.000000107. The van der Waals surface area contributed by atoms with E-state index in [9.17, 15) is 34.5 Å². The summed E-state index contributed by atoms with van der Waals surface area (Å²) in [6.45, 7) is 0. The SMILES string of the molecule is F[B-](F)(F)F.F[B-](F)(F)F.[PbH2+2]. The van der Waals surface area contributed by atoms with Gasteiger partial charge in [-0.3, -0.25) is 0 Å². The molecule has 0 aromatic heterocycles.